The lowest BCUT2D eigenvalue weighted by Gasteiger charge is -2.38. The molecule has 0 aliphatic rings. The summed E-state index contributed by atoms with van der Waals surface area (Å²) < 4.78 is 1.85. The van der Waals surface area contributed by atoms with Gasteiger partial charge in [-0.2, -0.15) is 5.10 Å². The summed E-state index contributed by atoms with van der Waals surface area (Å²) in [7, 11) is 0. The number of rotatable bonds is 8. The van der Waals surface area contributed by atoms with E-state index in [1.807, 2.05) is 17.8 Å². The van der Waals surface area contributed by atoms with Crippen LogP contribution in [0.4, 0.5) is 0 Å². The Morgan fingerprint density at radius 1 is 1.32 bits per heavy atom. The number of aromatic nitrogens is 2. The fraction of sp³-hybridized carbons (Fsp3) is 0.733. The van der Waals surface area contributed by atoms with Crippen molar-refractivity contribution in [1.29, 1.82) is 0 Å². The Hall–Kier alpha value is -1.16. The molecule has 0 bridgehead atoms. The highest BCUT2D eigenvalue weighted by molar-refractivity contribution is 6.02. The van der Waals surface area contributed by atoms with E-state index in [4.69, 9.17) is 0 Å². The average Bonchev–Trinajstić information content (AvgIpc) is 2.87. The van der Waals surface area contributed by atoms with Crippen molar-refractivity contribution in [3.63, 3.8) is 0 Å². The first-order valence-electron chi connectivity index (χ1n) is 7.35. The summed E-state index contributed by atoms with van der Waals surface area (Å²) in [5.41, 5.74) is 0.300. The zero-order chi connectivity index (χ0) is 14.5. The molecule has 1 aromatic heterocycles. The minimum Gasteiger partial charge on any atom is -0.292 e. The van der Waals surface area contributed by atoms with Crippen LogP contribution in [0.25, 0.3) is 0 Å². The second-order valence-corrected chi connectivity index (χ2v) is 5.12. The van der Waals surface area contributed by atoms with Gasteiger partial charge >= 0.3 is 0 Å². The van der Waals surface area contributed by atoms with Crippen LogP contribution in [-0.4, -0.2) is 39.1 Å². The van der Waals surface area contributed by atoms with Crippen molar-refractivity contribution in [2.45, 2.75) is 59.5 Å². The van der Waals surface area contributed by atoms with Crippen LogP contribution in [0, 0.1) is 0 Å². The summed E-state index contributed by atoms with van der Waals surface area (Å²) in [5.74, 6) is 0.182. The van der Waals surface area contributed by atoms with Crippen molar-refractivity contribution in [2.24, 2.45) is 0 Å². The molecule has 0 spiro atoms. The van der Waals surface area contributed by atoms with Gasteiger partial charge in [0.05, 0.1) is 17.3 Å². The van der Waals surface area contributed by atoms with Crippen molar-refractivity contribution in [2.75, 3.05) is 13.1 Å². The Morgan fingerprint density at radius 3 is 2.42 bits per heavy atom. The monoisotopic (exact) mass is 265 g/mol. The minimum absolute atomic E-state index is 0.182. The minimum atomic E-state index is -0.427. The number of carbonyl (C=O) groups is 1. The molecule has 0 amide bonds. The molecule has 0 fully saturated rings. The highest BCUT2D eigenvalue weighted by Gasteiger charge is 2.37. The predicted octanol–water partition coefficient (Wildman–Crippen LogP) is 2.99. The van der Waals surface area contributed by atoms with Gasteiger partial charge in [-0.3, -0.25) is 14.4 Å². The molecule has 1 atom stereocenters. The molecule has 0 aliphatic heterocycles. The van der Waals surface area contributed by atoms with Crippen LogP contribution in [-0.2, 0) is 6.54 Å². The number of carbonyl (C=O) groups excluding carboxylic acids is 1. The van der Waals surface area contributed by atoms with Gasteiger partial charge in [-0.1, -0.05) is 27.7 Å². The normalized spacial score (nSPS) is 14.6. The molecule has 4 nitrogen and oxygen atoms in total. The van der Waals surface area contributed by atoms with E-state index in [0.717, 1.165) is 38.0 Å². The third kappa shape index (κ3) is 3.24. The van der Waals surface area contributed by atoms with Crippen molar-refractivity contribution in [1.82, 2.24) is 14.7 Å². The van der Waals surface area contributed by atoms with Gasteiger partial charge < -0.3 is 0 Å². The van der Waals surface area contributed by atoms with Crippen LogP contribution in [0.1, 0.15) is 57.8 Å². The van der Waals surface area contributed by atoms with Gasteiger partial charge in [0.25, 0.3) is 0 Å². The molecule has 0 radical (unpaired) electrons. The molecule has 19 heavy (non-hydrogen) atoms. The van der Waals surface area contributed by atoms with E-state index >= 15 is 0 Å². The largest absolute Gasteiger partial charge is 0.292 e. The maximum Gasteiger partial charge on any atom is 0.185 e. The predicted molar refractivity (Wildman–Crippen MR) is 78.5 cm³/mol. The second kappa shape index (κ2) is 6.85. The Kier molecular flexibility index (Phi) is 5.73. The number of hydrogen-bond acceptors (Lipinski definition) is 3. The van der Waals surface area contributed by atoms with Gasteiger partial charge in [-0.05, 0) is 32.9 Å². The van der Waals surface area contributed by atoms with Crippen LogP contribution in [0.15, 0.2) is 12.4 Å². The van der Waals surface area contributed by atoms with E-state index in [9.17, 15) is 4.79 Å². The number of Topliss-reactive ketones (excluding diaryl/α,β-unsaturated/α-hetero) is 1. The topological polar surface area (TPSA) is 38.1 Å². The van der Waals surface area contributed by atoms with Crippen LogP contribution in [0.3, 0.4) is 0 Å². The summed E-state index contributed by atoms with van der Waals surface area (Å²) in [6.45, 7) is 13.1. The number of aryl methyl sites for hydroxylation is 1. The maximum atomic E-state index is 12.8. The third-order valence-electron chi connectivity index (χ3n) is 3.99. The molecule has 0 N–H and O–H groups in total. The summed E-state index contributed by atoms with van der Waals surface area (Å²) >= 11 is 0. The first-order chi connectivity index (χ1) is 9.03. The SMILES string of the molecule is CCCn1cc(C(=O)C(C)(CC)N(CC)CC)cn1. The van der Waals surface area contributed by atoms with Crippen molar-refractivity contribution in [3.05, 3.63) is 18.0 Å². The quantitative estimate of drug-likeness (QED) is 0.678. The smallest absolute Gasteiger partial charge is 0.185 e. The summed E-state index contributed by atoms with van der Waals surface area (Å²) in [4.78, 5) is 15.0. The molecule has 1 aromatic rings. The molecule has 1 heterocycles. The van der Waals surface area contributed by atoms with Crippen molar-refractivity contribution >= 4 is 5.78 Å². The molecule has 0 saturated heterocycles. The van der Waals surface area contributed by atoms with Crippen molar-refractivity contribution in [3.8, 4) is 0 Å². The first kappa shape index (κ1) is 15.9. The number of nitrogens with zero attached hydrogens (tertiary/aromatic N) is 3. The van der Waals surface area contributed by atoms with Crippen LogP contribution < -0.4 is 0 Å². The third-order valence-corrected chi connectivity index (χ3v) is 3.99. The molecule has 0 saturated carbocycles. The van der Waals surface area contributed by atoms with Gasteiger partial charge in [0.2, 0.25) is 0 Å². The van der Waals surface area contributed by atoms with Crippen molar-refractivity contribution < 1.29 is 4.79 Å². The summed E-state index contributed by atoms with van der Waals surface area (Å²) in [6, 6.07) is 0. The Morgan fingerprint density at radius 2 is 1.95 bits per heavy atom. The summed E-state index contributed by atoms with van der Waals surface area (Å²) in [5, 5.41) is 4.26. The highest BCUT2D eigenvalue weighted by Crippen LogP contribution is 2.24. The maximum absolute atomic E-state index is 12.8. The molecule has 0 aliphatic carbocycles. The second-order valence-electron chi connectivity index (χ2n) is 5.12. The number of likely N-dealkylation sites (N-methyl/N-ethyl adjacent to an activating group) is 1. The molecule has 1 unspecified atom stereocenters. The molecule has 108 valence electrons. The highest BCUT2D eigenvalue weighted by atomic mass is 16.1. The van der Waals surface area contributed by atoms with Crippen LogP contribution in [0.5, 0.6) is 0 Å². The van der Waals surface area contributed by atoms with E-state index in [2.05, 4.69) is 37.7 Å². The fourth-order valence-electron chi connectivity index (χ4n) is 2.59. The van der Waals surface area contributed by atoms with E-state index in [1.165, 1.54) is 0 Å². The molecular weight excluding hydrogens is 238 g/mol. The molecule has 4 heteroatoms. The Labute approximate surface area is 116 Å². The van der Waals surface area contributed by atoms with Gasteiger partial charge in [-0.15, -0.1) is 0 Å². The Bertz CT molecular complexity index is 409. The number of ketones is 1. The van der Waals surface area contributed by atoms with E-state index in [0.29, 0.717) is 0 Å². The van der Waals surface area contributed by atoms with Gasteiger partial charge in [0.15, 0.2) is 5.78 Å². The lowest BCUT2D eigenvalue weighted by molar-refractivity contribution is 0.0607. The molecular formula is C15H27N3O. The van der Waals surface area contributed by atoms with Crippen LogP contribution in [0.2, 0.25) is 0 Å². The molecule has 1 rings (SSSR count). The zero-order valence-electron chi connectivity index (χ0n) is 12.9. The van der Waals surface area contributed by atoms with Gasteiger partial charge in [0, 0.05) is 12.7 Å². The summed E-state index contributed by atoms with van der Waals surface area (Å²) in [6.07, 6.45) is 5.42. The number of hydrogen-bond donors (Lipinski definition) is 0. The average molecular weight is 265 g/mol. The lowest BCUT2D eigenvalue weighted by atomic mass is 9.88. The van der Waals surface area contributed by atoms with E-state index < -0.39 is 5.54 Å². The van der Waals surface area contributed by atoms with E-state index in [1.54, 1.807) is 6.20 Å². The Balaban J connectivity index is 2.99. The fourth-order valence-corrected chi connectivity index (χ4v) is 2.59. The molecule has 0 aromatic carbocycles. The zero-order valence-corrected chi connectivity index (χ0v) is 12.9. The first-order valence-corrected chi connectivity index (χ1v) is 7.35. The lowest BCUT2D eigenvalue weighted by Crippen LogP contribution is -2.51. The van der Waals surface area contributed by atoms with Gasteiger partial charge in [-0.25, -0.2) is 0 Å². The van der Waals surface area contributed by atoms with E-state index in [-0.39, 0.29) is 5.78 Å². The van der Waals surface area contributed by atoms with Crippen LogP contribution >= 0.6 is 0 Å². The van der Waals surface area contributed by atoms with Gasteiger partial charge in [0.1, 0.15) is 0 Å². The standard InChI is InChI=1S/C15H27N3O/c1-6-10-18-12-13(11-16-18)14(19)15(5,7-2)17(8-3)9-4/h11-12H,6-10H2,1-5H3.